The molecule has 1 amide bonds. The highest BCUT2D eigenvalue weighted by Crippen LogP contribution is 2.32. The Morgan fingerprint density at radius 3 is 2.79 bits per heavy atom. The summed E-state index contributed by atoms with van der Waals surface area (Å²) in [6, 6.07) is 5.96. The summed E-state index contributed by atoms with van der Waals surface area (Å²) in [7, 11) is 0. The first-order valence-corrected chi connectivity index (χ1v) is 6.41. The summed E-state index contributed by atoms with van der Waals surface area (Å²) in [5.74, 6) is -2.42. The number of hydrogen-bond acceptors (Lipinski definition) is 5. The van der Waals surface area contributed by atoms with Gasteiger partial charge in [0.05, 0.1) is 17.4 Å². The lowest BCUT2D eigenvalue weighted by atomic mass is 10.2. The summed E-state index contributed by atoms with van der Waals surface area (Å²) in [5, 5.41) is 10.5. The van der Waals surface area contributed by atoms with Crippen LogP contribution >= 0.6 is 24.0 Å². The van der Waals surface area contributed by atoms with Gasteiger partial charge in [-0.2, -0.15) is 0 Å². The smallest absolute Gasteiger partial charge is 0.266 e. The fourth-order valence-corrected chi connectivity index (χ4v) is 2.74. The molecular formula is C12H7FNO3S2-. The number of carbonyl (C=O) groups is 2. The summed E-state index contributed by atoms with van der Waals surface area (Å²) < 4.78 is 13.6. The van der Waals surface area contributed by atoms with Crippen molar-refractivity contribution in [2.24, 2.45) is 0 Å². The van der Waals surface area contributed by atoms with Crippen molar-refractivity contribution in [3.8, 4) is 0 Å². The second-order valence-corrected chi connectivity index (χ2v) is 5.34. The molecule has 7 heteroatoms. The topological polar surface area (TPSA) is 60.4 Å². The summed E-state index contributed by atoms with van der Waals surface area (Å²) >= 11 is 5.84. The number of benzene rings is 1. The number of thioether (sulfide) groups is 1. The van der Waals surface area contributed by atoms with Gasteiger partial charge in [0.2, 0.25) is 0 Å². The molecule has 98 valence electrons. The van der Waals surface area contributed by atoms with Crippen molar-refractivity contribution < 1.29 is 19.1 Å². The average molecular weight is 296 g/mol. The Kier molecular flexibility index (Phi) is 3.96. The maximum absolute atomic E-state index is 13.5. The quantitative estimate of drug-likeness (QED) is 0.609. The highest BCUT2D eigenvalue weighted by molar-refractivity contribution is 8.26. The number of carbonyl (C=O) groups excluding carboxylic acids is 2. The minimum absolute atomic E-state index is 0.122. The zero-order chi connectivity index (χ0) is 14.0. The van der Waals surface area contributed by atoms with Crippen LogP contribution in [-0.2, 0) is 9.59 Å². The van der Waals surface area contributed by atoms with Crippen LogP contribution in [0.3, 0.4) is 0 Å². The zero-order valence-electron chi connectivity index (χ0n) is 9.46. The Bertz CT molecular complexity index is 600. The molecule has 0 saturated carbocycles. The number of amides is 1. The van der Waals surface area contributed by atoms with Crippen LogP contribution in [0.15, 0.2) is 29.2 Å². The normalized spacial score (nSPS) is 17.3. The number of carboxylic acid groups (broad SMARTS) is 1. The van der Waals surface area contributed by atoms with Crippen LogP contribution in [0.1, 0.15) is 5.56 Å². The molecule has 1 heterocycles. The van der Waals surface area contributed by atoms with Crippen LogP contribution in [0.5, 0.6) is 0 Å². The monoisotopic (exact) mass is 296 g/mol. The molecule has 0 N–H and O–H groups in total. The van der Waals surface area contributed by atoms with Gasteiger partial charge in [0.15, 0.2) is 0 Å². The lowest BCUT2D eigenvalue weighted by Gasteiger charge is -2.14. The van der Waals surface area contributed by atoms with Gasteiger partial charge < -0.3 is 9.90 Å². The summed E-state index contributed by atoms with van der Waals surface area (Å²) in [5.41, 5.74) is 0.247. The number of hydrogen-bond donors (Lipinski definition) is 0. The second kappa shape index (κ2) is 5.50. The third kappa shape index (κ3) is 2.99. The Morgan fingerprint density at radius 2 is 2.16 bits per heavy atom. The first kappa shape index (κ1) is 13.7. The molecule has 1 aromatic carbocycles. The van der Waals surface area contributed by atoms with Gasteiger partial charge in [-0.3, -0.25) is 9.69 Å². The second-order valence-electron chi connectivity index (χ2n) is 3.66. The van der Waals surface area contributed by atoms with E-state index in [4.69, 9.17) is 12.2 Å². The van der Waals surface area contributed by atoms with Crippen molar-refractivity contribution in [2.45, 2.75) is 0 Å². The fraction of sp³-hybridized carbons (Fsp3) is 0.0833. The Hall–Kier alpha value is -1.73. The number of rotatable bonds is 3. The van der Waals surface area contributed by atoms with E-state index in [1.807, 2.05) is 0 Å². The van der Waals surface area contributed by atoms with Crippen molar-refractivity contribution in [1.82, 2.24) is 4.90 Å². The van der Waals surface area contributed by atoms with Gasteiger partial charge >= 0.3 is 0 Å². The first-order chi connectivity index (χ1) is 8.99. The maximum Gasteiger partial charge on any atom is 0.266 e. The predicted molar refractivity (Wildman–Crippen MR) is 71.3 cm³/mol. The molecule has 19 heavy (non-hydrogen) atoms. The van der Waals surface area contributed by atoms with Crippen LogP contribution in [0, 0.1) is 5.82 Å². The van der Waals surface area contributed by atoms with Gasteiger partial charge in [0.1, 0.15) is 10.1 Å². The molecule has 0 unspecified atom stereocenters. The molecule has 1 aliphatic heterocycles. The molecule has 0 radical (unpaired) electrons. The third-order valence-electron chi connectivity index (χ3n) is 2.35. The lowest BCUT2D eigenvalue weighted by molar-refractivity contribution is -0.305. The van der Waals surface area contributed by atoms with Crippen LogP contribution in [0.25, 0.3) is 6.08 Å². The predicted octanol–water partition coefficient (Wildman–Crippen LogP) is 0.777. The number of thiocarbonyl (C=S) groups is 1. The highest BCUT2D eigenvalue weighted by Gasteiger charge is 2.31. The van der Waals surface area contributed by atoms with E-state index in [0.29, 0.717) is 0 Å². The van der Waals surface area contributed by atoms with E-state index in [-0.39, 0.29) is 14.8 Å². The fourth-order valence-electron chi connectivity index (χ4n) is 1.50. The number of nitrogens with zero attached hydrogens (tertiary/aromatic N) is 1. The molecule has 1 aliphatic rings. The third-order valence-corrected chi connectivity index (χ3v) is 3.73. The molecule has 4 nitrogen and oxygen atoms in total. The van der Waals surface area contributed by atoms with Crippen molar-refractivity contribution in [1.29, 1.82) is 0 Å². The average Bonchev–Trinajstić information content (AvgIpc) is 2.60. The van der Waals surface area contributed by atoms with E-state index < -0.39 is 24.2 Å². The van der Waals surface area contributed by atoms with E-state index in [1.54, 1.807) is 6.07 Å². The van der Waals surface area contributed by atoms with Gasteiger partial charge in [-0.25, -0.2) is 4.39 Å². The standard InChI is InChI=1S/C12H8FNO3S2/c13-8-4-2-1-3-7(8)5-9-11(17)14(6-10(15)16)12(18)19-9/h1-5H,6H2,(H,15,16)/p-1/b9-5+. The lowest BCUT2D eigenvalue weighted by Crippen LogP contribution is -2.40. The largest absolute Gasteiger partial charge is 0.548 e. The highest BCUT2D eigenvalue weighted by atomic mass is 32.2. The zero-order valence-corrected chi connectivity index (χ0v) is 11.1. The van der Waals surface area contributed by atoms with E-state index >= 15 is 0 Å². The van der Waals surface area contributed by atoms with Gasteiger partial charge in [-0.05, 0) is 12.1 Å². The summed E-state index contributed by atoms with van der Waals surface area (Å²) in [6.07, 6.45) is 1.35. The van der Waals surface area contributed by atoms with Crippen molar-refractivity contribution >= 4 is 46.3 Å². The minimum Gasteiger partial charge on any atom is -0.548 e. The van der Waals surface area contributed by atoms with Gasteiger partial charge in [-0.1, -0.05) is 42.2 Å². The molecule has 0 aliphatic carbocycles. The van der Waals surface area contributed by atoms with Crippen LogP contribution < -0.4 is 5.11 Å². The summed E-state index contributed by atoms with van der Waals surface area (Å²) in [4.78, 5) is 23.5. The van der Waals surface area contributed by atoms with Crippen LogP contribution in [0.2, 0.25) is 0 Å². The molecule has 0 bridgehead atoms. The molecule has 1 saturated heterocycles. The molecule has 0 aromatic heterocycles. The molecular weight excluding hydrogens is 289 g/mol. The minimum atomic E-state index is -1.40. The molecule has 0 spiro atoms. The molecule has 0 atom stereocenters. The summed E-state index contributed by atoms with van der Waals surface area (Å²) in [6.45, 7) is -0.598. The van der Waals surface area contributed by atoms with Crippen molar-refractivity contribution in [3.63, 3.8) is 0 Å². The van der Waals surface area contributed by atoms with E-state index in [9.17, 15) is 19.1 Å². The number of carboxylic acids is 1. The number of aliphatic carboxylic acids is 1. The van der Waals surface area contributed by atoms with Crippen LogP contribution in [0.4, 0.5) is 4.39 Å². The van der Waals surface area contributed by atoms with Crippen molar-refractivity contribution in [2.75, 3.05) is 6.54 Å². The van der Waals surface area contributed by atoms with Crippen LogP contribution in [-0.4, -0.2) is 27.6 Å². The molecule has 1 aromatic rings. The first-order valence-electron chi connectivity index (χ1n) is 5.19. The van der Waals surface area contributed by atoms with E-state index in [0.717, 1.165) is 16.7 Å². The molecule has 1 fully saturated rings. The van der Waals surface area contributed by atoms with Crippen molar-refractivity contribution in [3.05, 3.63) is 40.6 Å². The molecule has 2 rings (SSSR count). The van der Waals surface area contributed by atoms with E-state index in [2.05, 4.69) is 0 Å². The van der Waals surface area contributed by atoms with Gasteiger partial charge in [0.25, 0.3) is 5.91 Å². The number of halogens is 1. The Morgan fingerprint density at radius 1 is 1.47 bits per heavy atom. The van der Waals surface area contributed by atoms with Gasteiger partial charge in [-0.15, -0.1) is 0 Å². The Balaban J connectivity index is 2.28. The Labute approximate surface area is 117 Å². The SMILES string of the molecule is O=C([O-])CN1C(=O)/C(=C\c2ccccc2F)SC1=S. The van der Waals surface area contributed by atoms with E-state index in [1.165, 1.54) is 24.3 Å². The maximum atomic E-state index is 13.5. The van der Waals surface area contributed by atoms with Gasteiger partial charge in [0, 0.05) is 5.56 Å².